The number of dihydropyridines is 1. The fourth-order valence-corrected chi connectivity index (χ4v) is 6.07. The average molecular weight is 603 g/mol. The number of allylic oxidation sites excluding steroid dienone is 3. The van der Waals surface area contributed by atoms with Crippen LogP contribution in [0.1, 0.15) is 55.2 Å². The first-order valence-corrected chi connectivity index (χ1v) is 14.3. The third-order valence-electron chi connectivity index (χ3n) is 7.47. The molecule has 1 aliphatic heterocycles. The SMILES string of the molecule is CCOc1cc([C@H]2C(C(=O)OCCc3ccccc3)=C(C)NC3=C2C(=O)C[C@@H](c2ccccc2)C3)cc(Br)c1O. The third kappa shape index (κ3) is 5.70. The highest BCUT2D eigenvalue weighted by atomic mass is 79.9. The number of carbonyl (C=O) groups excluding carboxylic acids is 2. The number of nitrogens with one attached hydrogen (secondary N) is 1. The zero-order chi connectivity index (χ0) is 28.2. The van der Waals surface area contributed by atoms with E-state index in [1.165, 1.54) is 0 Å². The van der Waals surface area contributed by atoms with Gasteiger partial charge in [0.15, 0.2) is 17.3 Å². The number of aromatic hydroxyl groups is 1. The molecule has 0 saturated carbocycles. The minimum atomic E-state index is -0.666. The van der Waals surface area contributed by atoms with Crippen molar-refractivity contribution in [1.29, 1.82) is 0 Å². The molecule has 0 unspecified atom stereocenters. The lowest BCUT2D eigenvalue weighted by Crippen LogP contribution is -2.36. The molecule has 3 aromatic carbocycles. The molecule has 206 valence electrons. The lowest BCUT2D eigenvalue weighted by Gasteiger charge is -2.37. The van der Waals surface area contributed by atoms with Crippen LogP contribution in [0.3, 0.4) is 0 Å². The number of benzene rings is 3. The van der Waals surface area contributed by atoms with Gasteiger partial charge in [-0.2, -0.15) is 0 Å². The summed E-state index contributed by atoms with van der Waals surface area (Å²) in [5.41, 5.74) is 5.27. The highest BCUT2D eigenvalue weighted by molar-refractivity contribution is 9.10. The van der Waals surface area contributed by atoms with Crippen molar-refractivity contribution in [3.8, 4) is 11.5 Å². The summed E-state index contributed by atoms with van der Waals surface area (Å²) in [4.78, 5) is 27.5. The molecule has 0 spiro atoms. The molecule has 6 nitrogen and oxygen atoms in total. The largest absolute Gasteiger partial charge is 0.503 e. The normalized spacial score (nSPS) is 18.7. The van der Waals surface area contributed by atoms with Gasteiger partial charge >= 0.3 is 5.97 Å². The van der Waals surface area contributed by atoms with Gasteiger partial charge in [-0.3, -0.25) is 4.79 Å². The van der Waals surface area contributed by atoms with Crippen molar-refractivity contribution in [3.05, 3.63) is 116 Å². The molecular weight excluding hydrogens is 570 g/mol. The van der Waals surface area contributed by atoms with Gasteiger partial charge in [0.1, 0.15) is 0 Å². The minimum Gasteiger partial charge on any atom is -0.503 e. The molecule has 2 atom stereocenters. The molecule has 2 N–H and O–H groups in total. The number of rotatable bonds is 8. The number of Topliss-reactive ketones (excluding diaryl/α,β-unsaturated/α-hetero) is 1. The minimum absolute atomic E-state index is 0.0168. The maximum atomic E-state index is 13.9. The Bertz CT molecular complexity index is 1480. The van der Waals surface area contributed by atoms with Gasteiger partial charge in [0.25, 0.3) is 0 Å². The Morgan fingerprint density at radius 1 is 1.02 bits per heavy atom. The van der Waals surface area contributed by atoms with Crippen molar-refractivity contribution in [2.24, 2.45) is 0 Å². The Hall–Kier alpha value is -3.84. The first-order chi connectivity index (χ1) is 19.4. The van der Waals surface area contributed by atoms with Gasteiger partial charge in [0, 0.05) is 35.7 Å². The first-order valence-electron chi connectivity index (χ1n) is 13.5. The second-order valence-corrected chi connectivity index (χ2v) is 10.9. The molecule has 1 heterocycles. The van der Waals surface area contributed by atoms with E-state index in [9.17, 15) is 14.7 Å². The molecule has 0 saturated heterocycles. The molecular formula is C33H32BrNO5. The number of ketones is 1. The Morgan fingerprint density at radius 3 is 2.42 bits per heavy atom. The summed E-state index contributed by atoms with van der Waals surface area (Å²) in [6.07, 6.45) is 1.57. The number of hydrogen-bond acceptors (Lipinski definition) is 6. The maximum absolute atomic E-state index is 13.9. The lowest BCUT2D eigenvalue weighted by atomic mass is 9.71. The molecule has 1 aliphatic carbocycles. The zero-order valence-electron chi connectivity index (χ0n) is 22.6. The van der Waals surface area contributed by atoms with Crippen molar-refractivity contribution < 1.29 is 24.2 Å². The number of halogens is 1. The van der Waals surface area contributed by atoms with Crippen molar-refractivity contribution in [2.45, 2.75) is 44.9 Å². The number of phenols is 1. The van der Waals surface area contributed by atoms with E-state index in [1.54, 1.807) is 12.1 Å². The predicted octanol–water partition coefficient (Wildman–Crippen LogP) is 6.70. The number of ether oxygens (including phenoxy) is 2. The Balaban J connectivity index is 1.53. The summed E-state index contributed by atoms with van der Waals surface area (Å²) >= 11 is 3.44. The van der Waals surface area contributed by atoms with Crippen molar-refractivity contribution in [2.75, 3.05) is 13.2 Å². The van der Waals surface area contributed by atoms with Gasteiger partial charge in [0.05, 0.1) is 23.3 Å². The molecule has 7 heteroatoms. The molecule has 0 aromatic heterocycles. The van der Waals surface area contributed by atoms with Gasteiger partial charge in [-0.25, -0.2) is 4.79 Å². The van der Waals surface area contributed by atoms with Gasteiger partial charge in [0.2, 0.25) is 0 Å². The monoisotopic (exact) mass is 601 g/mol. The summed E-state index contributed by atoms with van der Waals surface area (Å²) in [5, 5.41) is 14.0. The molecule has 2 aliphatic rings. The Kier molecular flexibility index (Phi) is 8.40. The van der Waals surface area contributed by atoms with E-state index in [0.717, 1.165) is 16.8 Å². The molecule has 40 heavy (non-hydrogen) atoms. The molecule has 0 amide bonds. The number of phenolic OH excluding ortho intramolecular Hbond substituents is 1. The van der Waals surface area contributed by atoms with E-state index in [-0.39, 0.29) is 29.8 Å². The van der Waals surface area contributed by atoms with Gasteiger partial charge in [-0.15, -0.1) is 0 Å². The zero-order valence-corrected chi connectivity index (χ0v) is 24.2. The second-order valence-electron chi connectivity index (χ2n) is 10.1. The van der Waals surface area contributed by atoms with Crippen LogP contribution in [-0.4, -0.2) is 30.1 Å². The van der Waals surface area contributed by atoms with E-state index in [2.05, 4.69) is 21.2 Å². The van der Waals surface area contributed by atoms with Crippen LogP contribution in [0, 0.1) is 0 Å². The Labute approximate surface area is 242 Å². The highest BCUT2D eigenvalue weighted by Gasteiger charge is 2.42. The summed E-state index contributed by atoms with van der Waals surface area (Å²) in [6.45, 7) is 4.25. The number of esters is 1. The molecule has 0 bridgehead atoms. The van der Waals surface area contributed by atoms with Gasteiger partial charge < -0.3 is 19.9 Å². The first kappa shape index (κ1) is 27.7. The quantitative estimate of drug-likeness (QED) is 0.279. The molecule has 5 rings (SSSR count). The maximum Gasteiger partial charge on any atom is 0.336 e. The Morgan fingerprint density at radius 2 is 1.73 bits per heavy atom. The summed E-state index contributed by atoms with van der Waals surface area (Å²) in [7, 11) is 0. The van der Waals surface area contributed by atoms with Crippen LogP contribution in [0.2, 0.25) is 0 Å². The summed E-state index contributed by atoms with van der Waals surface area (Å²) in [5.74, 6) is -0.860. The topological polar surface area (TPSA) is 84.9 Å². The molecule has 3 aromatic rings. The molecule has 0 fully saturated rings. The lowest BCUT2D eigenvalue weighted by molar-refractivity contribution is -0.139. The van der Waals surface area contributed by atoms with E-state index in [0.29, 0.717) is 52.7 Å². The van der Waals surface area contributed by atoms with Crippen molar-refractivity contribution in [3.63, 3.8) is 0 Å². The smallest absolute Gasteiger partial charge is 0.336 e. The third-order valence-corrected chi connectivity index (χ3v) is 8.07. The van der Waals surface area contributed by atoms with Gasteiger partial charge in [-0.1, -0.05) is 60.7 Å². The van der Waals surface area contributed by atoms with Crippen LogP contribution in [0.15, 0.2) is 99.8 Å². The number of carbonyl (C=O) groups is 2. The van der Waals surface area contributed by atoms with Crippen LogP contribution >= 0.6 is 15.9 Å². The van der Waals surface area contributed by atoms with Crippen LogP contribution in [0.4, 0.5) is 0 Å². The standard InChI is InChI=1S/C33H32BrNO5/c1-3-39-28-19-24(16-25(34)32(28)37)30-29(33(38)40-15-14-21-10-6-4-7-11-21)20(2)35-26-17-23(18-27(36)31(26)30)22-12-8-5-9-13-22/h4-13,16,19,23,30,35,37H,3,14-15,17-18H2,1-2H3/t23-,30-/m0/s1. The van der Waals surface area contributed by atoms with Crippen LogP contribution in [-0.2, 0) is 20.7 Å². The van der Waals surface area contributed by atoms with E-state index < -0.39 is 11.9 Å². The van der Waals surface area contributed by atoms with Crippen LogP contribution < -0.4 is 10.1 Å². The highest BCUT2D eigenvalue weighted by Crippen LogP contribution is 2.48. The van der Waals surface area contributed by atoms with Crippen molar-refractivity contribution >= 4 is 27.7 Å². The molecule has 0 radical (unpaired) electrons. The average Bonchev–Trinajstić information content (AvgIpc) is 2.95. The number of hydrogen-bond donors (Lipinski definition) is 2. The fraction of sp³-hybridized carbons (Fsp3) is 0.273. The van der Waals surface area contributed by atoms with Crippen molar-refractivity contribution in [1.82, 2.24) is 5.32 Å². The summed E-state index contributed by atoms with van der Waals surface area (Å²) in [6, 6.07) is 23.3. The van der Waals surface area contributed by atoms with Crippen LogP contribution in [0.25, 0.3) is 0 Å². The van der Waals surface area contributed by atoms with Gasteiger partial charge in [-0.05, 0) is 70.9 Å². The fourth-order valence-electron chi connectivity index (χ4n) is 5.61. The second kappa shape index (κ2) is 12.1. The van der Waals surface area contributed by atoms with E-state index in [4.69, 9.17) is 9.47 Å². The predicted molar refractivity (Wildman–Crippen MR) is 157 cm³/mol. The summed E-state index contributed by atoms with van der Waals surface area (Å²) < 4.78 is 11.9. The van der Waals surface area contributed by atoms with Crippen LogP contribution in [0.5, 0.6) is 11.5 Å². The van der Waals surface area contributed by atoms with E-state index >= 15 is 0 Å². The van der Waals surface area contributed by atoms with E-state index in [1.807, 2.05) is 74.5 Å².